The zero-order valence-corrected chi connectivity index (χ0v) is 17.1. The molecule has 1 aromatic carbocycles. The molecular weight excluding hydrogens is 368 g/mol. The van der Waals surface area contributed by atoms with E-state index >= 15 is 0 Å². The molecule has 0 radical (unpaired) electrons. The molecule has 146 valence electrons. The molecule has 1 N–H and O–H groups in total. The first-order valence-corrected chi connectivity index (χ1v) is 10.7. The Hall–Kier alpha value is -2.44. The van der Waals surface area contributed by atoms with E-state index in [0.717, 1.165) is 30.6 Å². The predicted molar refractivity (Wildman–Crippen MR) is 113 cm³/mol. The van der Waals surface area contributed by atoms with Gasteiger partial charge in [0.2, 0.25) is 5.91 Å². The van der Waals surface area contributed by atoms with Crippen LogP contribution in [0.4, 0.5) is 0 Å². The number of nitrogens with one attached hydrogen (secondary N) is 1. The fourth-order valence-corrected chi connectivity index (χ4v) is 4.83. The molecule has 6 heteroatoms. The van der Waals surface area contributed by atoms with Crippen LogP contribution in [0.25, 0.3) is 5.69 Å². The fourth-order valence-electron chi connectivity index (χ4n) is 3.96. The van der Waals surface area contributed by atoms with Gasteiger partial charge in [-0.05, 0) is 61.9 Å². The lowest BCUT2D eigenvalue weighted by atomic mass is 10.1. The molecule has 0 bridgehead atoms. The van der Waals surface area contributed by atoms with Crippen LogP contribution < -0.4 is 5.32 Å². The second-order valence-electron chi connectivity index (χ2n) is 7.36. The average molecular weight is 395 g/mol. The monoisotopic (exact) mass is 394 g/mol. The van der Waals surface area contributed by atoms with Crippen LogP contribution in [-0.2, 0) is 4.79 Å². The predicted octanol–water partition coefficient (Wildman–Crippen LogP) is 4.34. The Bertz CT molecular complexity index is 907. The fraction of sp³-hybridized carbons (Fsp3) is 0.364. The zero-order valence-electron chi connectivity index (χ0n) is 16.3. The lowest BCUT2D eigenvalue weighted by Crippen LogP contribution is -2.45. The van der Waals surface area contributed by atoms with Crippen LogP contribution in [0.2, 0.25) is 0 Å². The molecule has 1 fully saturated rings. The Labute approximate surface area is 170 Å². The third-order valence-electron chi connectivity index (χ3n) is 5.42. The third kappa shape index (κ3) is 3.88. The lowest BCUT2D eigenvalue weighted by Gasteiger charge is -2.29. The van der Waals surface area contributed by atoms with E-state index in [2.05, 4.69) is 51.9 Å². The van der Waals surface area contributed by atoms with Crippen molar-refractivity contribution < 1.29 is 4.79 Å². The molecule has 3 aromatic rings. The van der Waals surface area contributed by atoms with E-state index in [4.69, 9.17) is 0 Å². The van der Waals surface area contributed by atoms with E-state index in [1.54, 1.807) is 17.5 Å². The summed E-state index contributed by atoms with van der Waals surface area (Å²) in [4.78, 5) is 16.5. The molecule has 0 spiro atoms. The van der Waals surface area contributed by atoms with Crippen molar-refractivity contribution in [3.63, 3.8) is 0 Å². The van der Waals surface area contributed by atoms with E-state index in [0.29, 0.717) is 0 Å². The van der Waals surface area contributed by atoms with Crippen LogP contribution >= 0.6 is 11.3 Å². The summed E-state index contributed by atoms with van der Waals surface area (Å²) in [6.45, 7) is 4.92. The number of nitrogens with zero attached hydrogens (tertiary/aromatic N) is 3. The highest BCUT2D eigenvalue weighted by molar-refractivity contribution is 7.10. The SMILES string of the molecule is CC(NC(C)c1cccc(-n2cccn2)c1)C(=O)N1CCCC1c1cccs1. The first kappa shape index (κ1) is 18.9. The number of hydrogen-bond acceptors (Lipinski definition) is 4. The van der Waals surface area contributed by atoms with Crippen LogP contribution in [0.3, 0.4) is 0 Å². The Balaban J connectivity index is 1.44. The average Bonchev–Trinajstić information content (AvgIpc) is 3.49. The summed E-state index contributed by atoms with van der Waals surface area (Å²) in [7, 11) is 0. The van der Waals surface area contributed by atoms with Gasteiger partial charge in [-0.1, -0.05) is 18.2 Å². The largest absolute Gasteiger partial charge is 0.333 e. The number of hydrogen-bond donors (Lipinski definition) is 1. The number of benzene rings is 1. The van der Waals surface area contributed by atoms with Gasteiger partial charge in [-0.2, -0.15) is 5.10 Å². The van der Waals surface area contributed by atoms with Gasteiger partial charge in [-0.15, -0.1) is 11.3 Å². The summed E-state index contributed by atoms with van der Waals surface area (Å²) in [6, 6.07) is 14.5. The Kier molecular flexibility index (Phi) is 5.59. The molecule has 3 heterocycles. The second kappa shape index (κ2) is 8.29. The minimum atomic E-state index is -0.232. The van der Waals surface area contributed by atoms with Gasteiger partial charge in [0.25, 0.3) is 0 Å². The van der Waals surface area contributed by atoms with E-state index in [-0.39, 0.29) is 24.0 Å². The zero-order chi connectivity index (χ0) is 19.5. The molecule has 0 saturated carbocycles. The van der Waals surface area contributed by atoms with Gasteiger partial charge in [0.15, 0.2) is 0 Å². The standard InChI is InChI=1S/C22H26N4OS/c1-16(18-7-3-8-19(15-18)26-13-6-11-23-26)24-17(2)22(27)25-12-4-9-20(25)21-10-5-14-28-21/h3,5-8,10-11,13-17,20,24H,4,9,12H2,1-2H3. The third-order valence-corrected chi connectivity index (χ3v) is 6.39. The second-order valence-corrected chi connectivity index (χ2v) is 8.34. The number of amides is 1. The van der Waals surface area contributed by atoms with Gasteiger partial charge in [-0.3, -0.25) is 10.1 Å². The number of thiophene rings is 1. The van der Waals surface area contributed by atoms with Crippen LogP contribution in [0, 0.1) is 0 Å². The number of carbonyl (C=O) groups is 1. The van der Waals surface area contributed by atoms with Gasteiger partial charge in [0.05, 0.1) is 17.8 Å². The number of carbonyl (C=O) groups excluding carboxylic acids is 1. The molecule has 1 amide bonds. The number of aromatic nitrogens is 2. The Morgan fingerprint density at radius 2 is 2.14 bits per heavy atom. The van der Waals surface area contributed by atoms with Crippen molar-refractivity contribution in [1.82, 2.24) is 20.0 Å². The van der Waals surface area contributed by atoms with Crippen LogP contribution in [0.5, 0.6) is 0 Å². The summed E-state index contributed by atoms with van der Waals surface area (Å²) in [6.07, 6.45) is 5.83. The first-order chi connectivity index (χ1) is 13.6. The maximum Gasteiger partial charge on any atom is 0.239 e. The quantitative estimate of drug-likeness (QED) is 0.677. The van der Waals surface area contributed by atoms with Crippen molar-refractivity contribution in [3.05, 3.63) is 70.7 Å². The highest BCUT2D eigenvalue weighted by atomic mass is 32.1. The summed E-state index contributed by atoms with van der Waals surface area (Å²) in [5, 5.41) is 9.88. The minimum absolute atomic E-state index is 0.0669. The molecule has 1 aliphatic heterocycles. The highest BCUT2D eigenvalue weighted by Crippen LogP contribution is 2.35. The van der Waals surface area contributed by atoms with Crippen molar-refractivity contribution in [2.45, 2.75) is 44.8 Å². The maximum atomic E-state index is 13.1. The molecule has 0 aliphatic carbocycles. The van der Waals surface area contributed by atoms with Gasteiger partial charge < -0.3 is 4.90 Å². The van der Waals surface area contributed by atoms with Gasteiger partial charge in [0.1, 0.15) is 0 Å². The number of rotatable bonds is 6. The molecule has 2 aromatic heterocycles. The molecule has 28 heavy (non-hydrogen) atoms. The van der Waals surface area contributed by atoms with E-state index in [9.17, 15) is 4.79 Å². The van der Waals surface area contributed by atoms with Crippen LogP contribution in [0.1, 0.15) is 49.2 Å². The summed E-state index contributed by atoms with van der Waals surface area (Å²) in [5.41, 5.74) is 2.16. The molecule has 5 nitrogen and oxygen atoms in total. The topological polar surface area (TPSA) is 50.2 Å². The molecule has 4 rings (SSSR count). The summed E-state index contributed by atoms with van der Waals surface area (Å²) >= 11 is 1.74. The lowest BCUT2D eigenvalue weighted by molar-refractivity contribution is -0.134. The molecule has 1 aliphatic rings. The smallest absolute Gasteiger partial charge is 0.239 e. The highest BCUT2D eigenvalue weighted by Gasteiger charge is 2.33. The number of likely N-dealkylation sites (tertiary alicyclic amines) is 1. The molecule has 1 saturated heterocycles. The Morgan fingerprint density at radius 1 is 1.25 bits per heavy atom. The van der Waals surface area contributed by atoms with Crippen LogP contribution in [-0.4, -0.2) is 33.2 Å². The van der Waals surface area contributed by atoms with E-state index in [1.807, 2.05) is 36.0 Å². The van der Waals surface area contributed by atoms with Crippen molar-refractivity contribution in [2.75, 3.05) is 6.54 Å². The van der Waals surface area contributed by atoms with Gasteiger partial charge in [-0.25, -0.2) is 4.68 Å². The first-order valence-electron chi connectivity index (χ1n) is 9.83. The summed E-state index contributed by atoms with van der Waals surface area (Å²) in [5.74, 6) is 0.186. The van der Waals surface area contributed by atoms with Gasteiger partial charge >= 0.3 is 0 Å². The van der Waals surface area contributed by atoms with Gasteiger partial charge in [0, 0.05) is 29.9 Å². The molecule has 3 unspecified atom stereocenters. The molecule has 3 atom stereocenters. The van der Waals surface area contributed by atoms with E-state index in [1.165, 1.54) is 4.88 Å². The Morgan fingerprint density at radius 3 is 2.89 bits per heavy atom. The summed E-state index contributed by atoms with van der Waals surface area (Å²) < 4.78 is 1.85. The van der Waals surface area contributed by atoms with Crippen molar-refractivity contribution >= 4 is 17.2 Å². The van der Waals surface area contributed by atoms with Crippen molar-refractivity contribution in [3.8, 4) is 5.69 Å². The minimum Gasteiger partial charge on any atom is -0.333 e. The van der Waals surface area contributed by atoms with Crippen molar-refractivity contribution in [2.24, 2.45) is 0 Å². The van der Waals surface area contributed by atoms with Crippen molar-refractivity contribution in [1.29, 1.82) is 0 Å². The normalized spacial score (nSPS) is 18.9. The van der Waals surface area contributed by atoms with E-state index < -0.39 is 0 Å². The van der Waals surface area contributed by atoms with Crippen LogP contribution in [0.15, 0.2) is 60.2 Å². The maximum absolute atomic E-state index is 13.1. The molecular formula is C22H26N4OS.